The first-order valence-electron chi connectivity index (χ1n) is 13.0. The van der Waals surface area contributed by atoms with Gasteiger partial charge in [-0.15, -0.1) is 0 Å². The lowest BCUT2D eigenvalue weighted by molar-refractivity contribution is -0.137. The van der Waals surface area contributed by atoms with Gasteiger partial charge in [-0.3, -0.25) is 4.90 Å². The Balaban J connectivity index is 1.35. The first-order chi connectivity index (χ1) is 18.9. The molecule has 1 atom stereocenters. The van der Waals surface area contributed by atoms with Crippen LogP contribution in [-0.2, 0) is 16.2 Å². The number of fused-ring (bicyclic) bond motifs is 1. The largest absolute Gasteiger partial charge is 0.416 e. The predicted molar refractivity (Wildman–Crippen MR) is 149 cm³/mol. The molecule has 1 aromatic heterocycles. The van der Waals surface area contributed by atoms with Crippen molar-refractivity contribution in [2.24, 2.45) is 0 Å². The number of aryl methyl sites for hydroxylation is 2. The van der Waals surface area contributed by atoms with E-state index in [2.05, 4.69) is 10.2 Å². The lowest BCUT2D eigenvalue weighted by atomic mass is 10.1. The van der Waals surface area contributed by atoms with Crippen LogP contribution in [0, 0.1) is 13.8 Å². The van der Waals surface area contributed by atoms with Gasteiger partial charge in [0, 0.05) is 37.3 Å². The summed E-state index contributed by atoms with van der Waals surface area (Å²) < 4.78 is 66.2. The van der Waals surface area contributed by atoms with E-state index in [9.17, 15) is 21.6 Å². The minimum absolute atomic E-state index is 0.151. The summed E-state index contributed by atoms with van der Waals surface area (Å²) in [5.74, 6) is 1.32. The molecule has 0 amide bonds. The standard InChI is InChI=1S/C29H30F3N5O2S/c1-19-7-6-8-20(2)26(19)34-28-24-9-4-5-10-25(24)33-27(35-28)21(3)36-15-17-37(18-16-36)40(38,39)23-13-11-22(12-14-23)29(30,31)32/h4-14,21H,15-18H2,1-3H3,(H,33,34,35). The summed E-state index contributed by atoms with van der Waals surface area (Å²) in [6.45, 7) is 7.34. The van der Waals surface area contributed by atoms with Crippen LogP contribution in [0.15, 0.2) is 71.6 Å². The third-order valence-electron chi connectivity index (χ3n) is 7.36. The molecule has 0 saturated carbocycles. The van der Waals surface area contributed by atoms with Crippen LogP contribution in [0.4, 0.5) is 24.7 Å². The molecular weight excluding hydrogens is 539 g/mol. The Morgan fingerprint density at radius 2 is 1.48 bits per heavy atom. The van der Waals surface area contributed by atoms with Gasteiger partial charge in [-0.2, -0.15) is 17.5 Å². The second kappa shape index (κ2) is 10.8. The van der Waals surface area contributed by atoms with Gasteiger partial charge in [0.1, 0.15) is 11.6 Å². The molecule has 0 spiro atoms. The van der Waals surface area contributed by atoms with Crippen LogP contribution in [0.3, 0.4) is 0 Å². The number of anilines is 2. The van der Waals surface area contributed by atoms with E-state index >= 15 is 0 Å². The van der Waals surface area contributed by atoms with Gasteiger partial charge >= 0.3 is 6.18 Å². The molecule has 4 aromatic rings. The predicted octanol–water partition coefficient (Wildman–Crippen LogP) is 6.08. The summed E-state index contributed by atoms with van der Waals surface area (Å²) in [4.78, 5) is 11.7. The van der Waals surface area contributed by atoms with Gasteiger partial charge in [-0.1, -0.05) is 30.3 Å². The topological polar surface area (TPSA) is 78.4 Å². The van der Waals surface area contributed by atoms with Crippen molar-refractivity contribution >= 4 is 32.4 Å². The van der Waals surface area contributed by atoms with E-state index in [1.165, 1.54) is 4.31 Å². The number of nitrogens with one attached hydrogen (secondary N) is 1. The Bertz CT molecular complexity index is 1610. The number of hydrogen-bond donors (Lipinski definition) is 1. The Kier molecular flexibility index (Phi) is 7.56. The van der Waals surface area contributed by atoms with Gasteiger partial charge in [0.05, 0.1) is 22.0 Å². The molecule has 2 heterocycles. The average molecular weight is 570 g/mol. The quantitative estimate of drug-likeness (QED) is 0.304. The van der Waals surface area contributed by atoms with Crippen molar-refractivity contribution in [2.45, 2.75) is 37.9 Å². The third kappa shape index (κ3) is 5.54. The van der Waals surface area contributed by atoms with E-state index < -0.39 is 21.8 Å². The number of nitrogens with zero attached hydrogens (tertiary/aromatic N) is 4. The number of para-hydroxylation sites is 2. The highest BCUT2D eigenvalue weighted by atomic mass is 32.2. The minimum atomic E-state index is -4.52. The number of hydrogen-bond acceptors (Lipinski definition) is 6. The molecular formula is C29H30F3N5O2S. The SMILES string of the molecule is Cc1cccc(C)c1Nc1nc(C(C)N2CCN(S(=O)(=O)c3ccc(C(F)(F)F)cc3)CC2)nc2ccccc12. The van der Waals surface area contributed by atoms with Crippen molar-refractivity contribution in [2.75, 3.05) is 31.5 Å². The van der Waals surface area contributed by atoms with E-state index in [1.54, 1.807) is 0 Å². The van der Waals surface area contributed by atoms with Gasteiger partial charge in [-0.05, 0) is 68.3 Å². The van der Waals surface area contributed by atoms with E-state index in [1.807, 2.05) is 63.2 Å². The number of piperazine rings is 1. The number of alkyl halides is 3. The highest BCUT2D eigenvalue weighted by molar-refractivity contribution is 7.89. The van der Waals surface area contributed by atoms with Crippen LogP contribution in [0.2, 0.25) is 0 Å². The van der Waals surface area contributed by atoms with E-state index in [4.69, 9.17) is 9.97 Å². The fourth-order valence-corrected chi connectivity index (χ4v) is 6.39. The monoisotopic (exact) mass is 569 g/mol. The molecule has 1 saturated heterocycles. The maximum Gasteiger partial charge on any atom is 0.416 e. The van der Waals surface area contributed by atoms with Crippen molar-refractivity contribution < 1.29 is 21.6 Å². The van der Waals surface area contributed by atoms with E-state index in [0.717, 1.165) is 52.0 Å². The smallest absolute Gasteiger partial charge is 0.339 e. The number of aromatic nitrogens is 2. The summed E-state index contributed by atoms with van der Waals surface area (Å²) >= 11 is 0. The zero-order chi connectivity index (χ0) is 28.7. The van der Waals surface area contributed by atoms with E-state index in [0.29, 0.717) is 24.7 Å². The highest BCUT2D eigenvalue weighted by Gasteiger charge is 2.33. The fraction of sp³-hybridized carbons (Fsp3) is 0.310. The van der Waals surface area contributed by atoms with Gasteiger partial charge in [0.15, 0.2) is 0 Å². The second-order valence-corrected chi connectivity index (χ2v) is 11.9. The number of halogens is 3. The molecule has 210 valence electrons. The van der Waals surface area contributed by atoms with Crippen molar-refractivity contribution in [1.29, 1.82) is 0 Å². The van der Waals surface area contributed by atoms with Gasteiger partial charge in [0.25, 0.3) is 0 Å². The van der Waals surface area contributed by atoms with Crippen molar-refractivity contribution in [3.63, 3.8) is 0 Å². The summed E-state index contributed by atoms with van der Waals surface area (Å²) in [6.07, 6.45) is -4.52. The Hall–Kier alpha value is -3.54. The number of benzene rings is 3. The molecule has 0 radical (unpaired) electrons. The Morgan fingerprint density at radius 1 is 0.850 bits per heavy atom. The molecule has 1 unspecified atom stereocenters. The third-order valence-corrected chi connectivity index (χ3v) is 9.27. The number of rotatable bonds is 6. The van der Waals surface area contributed by atoms with E-state index in [-0.39, 0.29) is 24.0 Å². The van der Waals surface area contributed by atoms with Crippen LogP contribution < -0.4 is 5.32 Å². The molecule has 0 aliphatic carbocycles. The first kappa shape index (κ1) is 28.0. The number of sulfonamides is 1. The maximum atomic E-state index is 13.1. The first-order valence-corrected chi connectivity index (χ1v) is 14.4. The van der Waals surface area contributed by atoms with Crippen LogP contribution >= 0.6 is 0 Å². The Labute approximate surface area is 231 Å². The van der Waals surface area contributed by atoms with Gasteiger partial charge in [0.2, 0.25) is 10.0 Å². The zero-order valence-corrected chi connectivity index (χ0v) is 23.2. The molecule has 1 aliphatic heterocycles. The minimum Gasteiger partial charge on any atom is -0.339 e. The fourth-order valence-electron chi connectivity index (χ4n) is 4.97. The molecule has 7 nitrogen and oxygen atoms in total. The van der Waals surface area contributed by atoms with Crippen LogP contribution in [0.1, 0.15) is 35.5 Å². The molecule has 40 heavy (non-hydrogen) atoms. The van der Waals surface area contributed by atoms with Crippen molar-refractivity contribution in [3.05, 3.63) is 89.2 Å². The molecule has 0 bridgehead atoms. The van der Waals surface area contributed by atoms with Crippen LogP contribution in [0.5, 0.6) is 0 Å². The lowest BCUT2D eigenvalue weighted by Crippen LogP contribution is -2.49. The average Bonchev–Trinajstić information content (AvgIpc) is 2.94. The zero-order valence-electron chi connectivity index (χ0n) is 22.4. The lowest BCUT2D eigenvalue weighted by Gasteiger charge is -2.37. The molecule has 3 aromatic carbocycles. The van der Waals surface area contributed by atoms with Crippen molar-refractivity contribution in [1.82, 2.24) is 19.2 Å². The molecule has 5 rings (SSSR count). The summed E-state index contributed by atoms with van der Waals surface area (Å²) in [6, 6.07) is 17.3. The second-order valence-electron chi connectivity index (χ2n) is 9.98. The Morgan fingerprint density at radius 3 is 2.10 bits per heavy atom. The molecule has 1 N–H and O–H groups in total. The maximum absolute atomic E-state index is 13.1. The molecule has 1 aliphatic rings. The molecule has 11 heteroatoms. The summed E-state index contributed by atoms with van der Waals surface area (Å²) in [5.41, 5.74) is 3.11. The van der Waals surface area contributed by atoms with Crippen LogP contribution in [-0.4, -0.2) is 53.8 Å². The normalized spacial score (nSPS) is 16.2. The van der Waals surface area contributed by atoms with Gasteiger partial charge < -0.3 is 5.32 Å². The van der Waals surface area contributed by atoms with Crippen LogP contribution in [0.25, 0.3) is 10.9 Å². The van der Waals surface area contributed by atoms with Crippen molar-refractivity contribution in [3.8, 4) is 0 Å². The van der Waals surface area contributed by atoms with Gasteiger partial charge in [-0.25, -0.2) is 18.4 Å². The summed E-state index contributed by atoms with van der Waals surface area (Å²) in [7, 11) is -3.92. The highest BCUT2D eigenvalue weighted by Crippen LogP contribution is 2.32. The molecule has 1 fully saturated rings. The summed E-state index contributed by atoms with van der Waals surface area (Å²) in [5, 5.41) is 4.41.